The minimum atomic E-state index is -0.760. The molecule has 1 amide bonds. The predicted octanol–water partition coefficient (Wildman–Crippen LogP) is 4.35. The Morgan fingerprint density at radius 2 is 1.77 bits per heavy atom. The Morgan fingerprint density at radius 3 is 2.51 bits per heavy atom. The summed E-state index contributed by atoms with van der Waals surface area (Å²) in [6.07, 6.45) is 0.337. The molecule has 7 nitrogen and oxygen atoms in total. The molecule has 1 fully saturated rings. The van der Waals surface area contributed by atoms with Crippen LogP contribution in [0.1, 0.15) is 35.5 Å². The van der Waals surface area contributed by atoms with E-state index >= 15 is 0 Å². The van der Waals surface area contributed by atoms with Crippen molar-refractivity contribution in [1.82, 2.24) is 19.8 Å². The Kier molecular flexibility index (Phi) is 3.65. The van der Waals surface area contributed by atoms with Gasteiger partial charge in [-0.25, -0.2) is 0 Å². The molecule has 1 unspecified atom stereocenters. The molecule has 3 aliphatic rings. The Balaban J connectivity index is 1.72. The van der Waals surface area contributed by atoms with Crippen molar-refractivity contribution in [2.75, 3.05) is 14.2 Å². The molecule has 8 rings (SSSR count). The monoisotopic (exact) mass is 466 g/mol. The van der Waals surface area contributed by atoms with Crippen molar-refractivity contribution < 1.29 is 14.3 Å². The zero-order chi connectivity index (χ0) is 23.6. The van der Waals surface area contributed by atoms with E-state index in [1.54, 1.807) is 7.11 Å². The normalized spacial score (nSPS) is 27.3. The summed E-state index contributed by atoms with van der Waals surface area (Å²) in [7, 11) is 3.77. The lowest BCUT2D eigenvalue weighted by molar-refractivity contribution is -0.256. The molecule has 2 bridgehead atoms. The number of benzene rings is 3. The van der Waals surface area contributed by atoms with Gasteiger partial charge in [0.05, 0.1) is 27.6 Å². The zero-order valence-corrected chi connectivity index (χ0v) is 19.9. The number of hydrogen-bond acceptors (Lipinski definition) is 4. The van der Waals surface area contributed by atoms with Crippen LogP contribution in [0.15, 0.2) is 48.5 Å². The number of ether oxygens (including phenoxy) is 2. The smallest absolute Gasteiger partial charge is 0.252 e. The first-order valence-corrected chi connectivity index (χ1v) is 12.3. The molecule has 2 aromatic heterocycles. The molecular formula is C28H26N4O3. The minimum Gasteiger partial charge on any atom is -0.375 e. The molecule has 1 saturated heterocycles. The summed E-state index contributed by atoms with van der Waals surface area (Å²) in [5, 5.41) is 11.0. The molecule has 5 aromatic rings. The van der Waals surface area contributed by atoms with Gasteiger partial charge in [-0.15, -0.1) is 0 Å². The number of para-hydroxylation sites is 2. The minimum absolute atomic E-state index is 0.00357. The number of nitrogens with zero attached hydrogens (tertiary/aromatic N) is 2. The summed E-state index contributed by atoms with van der Waals surface area (Å²) in [5.74, 6) is 0.00357. The number of aromatic nitrogens is 2. The van der Waals surface area contributed by atoms with Crippen LogP contribution < -0.4 is 10.6 Å². The van der Waals surface area contributed by atoms with Gasteiger partial charge in [-0.1, -0.05) is 36.4 Å². The first-order chi connectivity index (χ1) is 17.1. The summed E-state index contributed by atoms with van der Waals surface area (Å²) in [6.45, 7) is 2.68. The quantitative estimate of drug-likeness (QED) is 0.406. The van der Waals surface area contributed by atoms with E-state index in [2.05, 4.69) is 75.2 Å². The highest BCUT2D eigenvalue weighted by Crippen LogP contribution is 2.53. The van der Waals surface area contributed by atoms with E-state index < -0.39 is 5.72 Å². The van der Waals surface area contributed by atoms with Crippen molar-refractivity contribution in [1.29, 1.82) is 0 Å². The van der Waals surface area contributed by atoms with Crippen molar-refractivity contribution in [2.24, 2.45) is 0 Å². The number of carbonyl (C=O) groups excluding carboxylic acids is 1. The van der Waals surface area contributed by atoms with Crippen LogP contribution in [0.2, 0.25) is 0 Å². The van der Waals surface area contributed by atoms with Gasteiger partial charge in [0.15, 0.2) is 5.72 Å². The highest BCUT2D eigenvalue weighted by atomic mass is 16.6. The molecule has 0 radical (unpaired) electrons. The van der Waals surface area contributed by atoms with Gasteiger partial charge in [-0.3, -0.25) is 4.79 Å². The molecule has 5 heterocycles. The number of nitrogens with one attached hydrogen (secondary N) is 2. The summed E-state index contributed by atoms with van der Waals surface area (Å²) in [6, 6.07) is 17.0. The largest absolute Gasteiger partial charge is 0.375 e. The zero-order valence-electron chi connectivity index (χ0n) is 19.9. The van der Waals surface area contributed by atoms with Gasteiger partial charge in [0.2, 0.25) is 0 Å². The van der Waals surface area contributed by atoms with Crippen LogP contribution in [-0.2, 0) is 21.7 Å². The maximum Gasteiger partial charge on any atom is 0.252 e. The van der Waals surface area contributed by atoms with E-state index in [9.17, 15) is 4.79 Å². The van der Waals surface area contributed by atoms with E-state index in [-0.39, 0.29) is 24.3 Å². The van der Waals surface area contributed by atoms with Crippen molar-refractivity contribution in [3.05, 3.63) is 59.7 Å². The number of hydrogen-bond donors (Lipinski definition) is 2. The first kappa shape index (κ1) is 19.9. The van der Waals surface area contributed by atoms with Gasteiger partial charge in [-0.2, -0.15) is 0 Å². The Labute approximate surface area is 201 Å². The fourth-order valence-corrected chi connectivity index (χ4v) is 7.33. The van der Waals surface area contributed by atoms with Crippen molar-refractivity contribution in [3.8, 4) is 0 Å². The Morgan fingerprint density at radius 1 is 1.06 bits per heavy atom. The highest BCUT2D eigenvalue weighted by Gasteiger charge is 2.53. The lowest BCUT2D eigenvalue weighted by Gasteiger charge is -2.48. The third-order valence-electron chi connectivity index (χ3n) is 8.60. The number of fused-ring (bicyclic) bond motifs is 13. The maximum absolute atomic E-state index is 13.3. The van der Waals surface area contributed by atoms with E-state index in [0.717, 1.165) is 61.2 Å². The predicted molar refractivity (Wildman–Crippen MR) is 136 cm³/mol. The van der Waals surface area contributed by atoms with E-state index in [0.29, 0.717) is 6.54 Å². The van der Waals surface area contributed by atoms with E-state index in [1.807, 2.05) is 7.05 Å². The van der Waals surface area contributed by atoms with Gasteiger partial charge in [0.25, 0.3) is 5.91 Å². The SMILES string of the molecule is CN[C@H]1C[C@@H]2OC(C)([C@H]1OC)n1c3ccccc3c3c4c(c5c6ccccc6n2c5c31)C(=O)NC4. The van der Waals surface area contributed by atoms with Gasteiger partial charge in [0.1, 0.15) is 12.3 Å². The number of likely N-dealkylation sites (N-methyl/N-ethyl adjacent to an activating group) is 1. The molecule has 7 heteroatoms. The summed E-state index contributed by atoms with van der Waals surface area (Å²) >= 11 is 0. The molecule has 35 heavy (non-hydrogen) atoms. The van der Waals surface area contributed by atoms with Crippen molar-refractivity contribution in [3.63, 3.8) is 0 Å². The van der Waals surface area contributed by atoms with Crippen LogP contribution in [0.4, 0.5) is 0 Å². The first-order valence-electron chi connectivity index (χ1n) is 12.3. The molecule has 4 atom stereocenters. The third-order valence-corrected chi connectivity index (χ3v) is 8.60. The molecule has 3 aliphatic heterocycles. The topological polar surface area (TPSA) is 69.5 Å². The molecule has 2 N–H and O–H groups in total. The van der Waals surface area contributed by atoms with Crippen LogP contribution in [0.3, 0.4) is 0 Å². The molecule has 0 saturated carbocycles. The van der Waals surface area contributed by atoms with Crippen LogP contribution in [0.5, 0.6) is 0 Å². The fraction of sp³-hybridized carbons (Fsp3) is 0.321. The second-order valence-electron chi connectivity index (χ2n) is 10.1. The van der Waals surface area contributed by atoms with Crippen molar-refractivity contribution >= 4 is 49.5 Å². The lowest BCUT2D eigenvalue weighted by Crippen LogP contribution is -2.59. The second-order valence-corrected chi connectivity index (χ2v) is 10.1. The molecular weight excluding hydrogens is 440 g/mol. The summed E-state index contributed by atoms with van der Waals surface area (Å²) in [5.41, 5.74) is 5.51. The number of carbonyl (C=O) groups is 1. The standard InChI is InChI=1S/C28H26N4O3/c1-28-26(34-3)17(29-2)12-20(35-28)31-18-10-6-4-8-14(18)22-23-16(13-30-27(23)33)21-15-9-5-7-11-19(15)32(28)25(21)24(22)31/h4-11,17,20,26,29H,12-13H2,1-3H3,(H,30,33)/t17-,20-,26-,28?/m0/s1. The van der Waals surface area contributed by atoms with Crippen LogP contribution in [0.25, 0.3) is 43.6 Å². The molecule has 3 aromatic carbocycles. The number of amides is 1. The van der Waals surface area contributed by atoms with Crippen LogP contribution in [-0.4, -0.2) is 41.3 Å². The van der Waals surface area contributed by atoms with E-state index in [1.165, 1.54) is 0 Å². The maximum atomic E-state index is 13.3. The second kappa shape index (κ2) is 6.43. The van der Waals surface area contributed by atoms with Crippen LogP contribution in [0, 0.1) is 0 Å². The Bertz CT molecular complexity index is 1750. The molecule has 176 valence electrons. The molecule has 0 spiro atoms. The van der Waals surface area contributed by atoms with Gasteiger partial charge in [0, 0.05) is 47.7 Å². The van der Waals surface area contributed by atoms with Gasteiger partial charge in [-0.05, 0) is 31.7 Å². The lowest BCUT2D eigenvalue weighted by atomic mass is 9.93. The number of rotatable bonds is 2. The summed E-state index contributed by atoms with van der Waals surface area (Å²) < 4.78 is 18.0. The van der Waals surface area contributed by atoms with Crippen molar-refractivity contribution in [2.45, 2.75) is 44.0 Å². The van der Waals surface area contributed by atoms with Gasteiger partial charge >= 0.3 is 0 Å². The number of methoxy groups -OCH3 is 1. The average Bonchev–Trinajstić information content (AvgIpc) is 3.51. The average molecular weight is 467 g/mol. The Hall–Kier alpha value is -3.39. The van der Waals surface area contributed by atoms with Crippen LogP contribution >= 0.6 is 0 Å². The third kappa shape index (κ3) is 2.12. The molecule has 0 aliphatic carbocycles. The summed E-state index contributed by atoms with van der Waals surface area (Å²) in [4.78, 5) is 13.3. The van der Waals surface area contributed by atoms with E-state index in [4.69, 9.17) is 9.47 Å². The van der Waals surface area contributed by atoms with Gasteiger partial charge < -0.3 is 29.2 Å². The fourth-order valence-electron chi connectivity index (χ4n) is 7.33. The highest BCUT2D eigenvalue weighted by molar-refractivity contribution is 6.31.